The van der Waals surface area contributed by atoms with E-state index in [0.29, 0.717) is 6.54 Å². The molecule has 0 radical (unpaired) electrons. The second kappa shape index (κ2) is 10.5. The fourth-order valence-corrected chi connectivity index (χ4v) is 3.82. The molecule has 156 valence electrons. The molecular formula is C24H32N2O3. The Labute approximate surface area is 174 Å². The molecule has 1 N–H and O–H groups in total. The Morgan fingerprint density at radius 1 is 1.03 bits per heavy atom. The van der Waals surface area contributed by atoms with Crippen LogP contribution in [-0.4, -0.2) is 55.3 Å². The van der Waals surface area contributed by atoms with E-state index in [4.69, 9.17) is 9.47 Å². The van der Waals surface area contributed by atoms with Crippen molar-refractivity contribution >= 4 is 5.91 Å². The SMILES string of the molecule is CC1CN(C(C)CNC(=O)COC(c2ccccc2)c2ccccc2)CC(C)O1. The fraction of sp³-hybridized carbons (Fsp3) is 0.458. The zero-order valence-electron chi connectivity index (χ0n) is 17.6. The van der Waals surface area contributed by atoms with Crippen molar-refractivity contribution in [3.8, 4) is 0 Å². The standard InChI is InChI=1S/C24H32N2O3/c1-18(26-15-19(2)29-20(3)16-26)14-25-23(27)17-28-24(21-10-6-4-7-11-21)22-12-8-5-9-13-22/h4-13,18-20,24H,14-17H2,1-3H3,(H,25,27). The molecular weight excluding hydrogens is 364 g/mol. The summed E-state index contributed by atoms with van der Waals surface area (Å²) in [5.41, 5.74) is 2.08. The number of hydrogen-bond donors (Lipinski definition) is 1. The molecule has 0 saturated carbocycles. The Balaban J connectivity index is 1.52. The van der Waals surface area contributed by atoms with Crippen molar-refractivity contribution in [2.75, 3.05) is 26.2 Å². The van der Waals surface area contributed by atoms with E-state index in [2.05, 4.69) is 31.0 Å². The summed E-state index contributed by atoms with van der Waals surface area (Å²) >= 11 is 0. The third-order valence-electron chi connectivity index (χ3n) is 5.25. The maximum absolute atomic E-state index is 12.4. The largest absolute Gasteiger partial charge is 0.373 e. The Morgan fingerprint density at radius 2 is 1.55 bits per heavy atom. The number of morpholine rings is 1. The lowest BCUT2D eigenvalue weighted by atomic mass is 10.0. The Kier molecular flexibility index (Phi) is 7.81. The minimum absolute atomic E-state index is 0.0249. The van der Waals surface area contributed by atoms with E-state index in [0.717, 1.165) is 24.2 Å². The van der Waals surface area contributed by atoms with Crippen molar-refractivity contribution in [3.05, 3.63) is 71.8 Å². The van der Waals surface area contributed by atoms with Gasteiger partial charge in [-0.2, -0.15) is 0 Å². The van der Waals surface area contributed by atoms with Crippen molar-refractivity contribution in [2.24, 2.45) is 0 Å². The highest BCUT2D eigenvalue weighted by molar-refractivity contribution is 5.77. The van der Waals surface area contributed by atoms with Crippen LogP contribution < -0.4 is 5.32 Å². The first-order chi connectivity index (χ1) is 14.0. The predicted octanol–water partition coefficient (Wildman–Crippen LogP) is 3.41. The number of carbonyl (C=O) groups is 1. The minimum Gasteiger partial charge on any atom is -0.373 e. The van der Waals surface area contributed by atoms with Crippen LogP contribution in [-0.2, 0) is 14.3 Å². The summed E-state index contributed by atoms with van der Waals surface area (Å²) in [6.45, 7) is 8.73. The number of hydrogen-bond acceptors (Lipinski definition) is 4. The van der Waals surface area contributed by atoms with Gasteiger partial charge >= 0.3 is 0 Å². The molecule has 29 heavy (non-hydrogen) atoms. The first-order valence-corrected chi connectivity index (χ1v) is 10.4. The van der Waals surface area contributed by atoms with E-state index >= 15 is 0 Å². The summed E-state index contributed by atoms with van der Waals surface area (Å²) in [5, 5.41) is 3.02. The van der Waals surface area contributed by atoms with Gasteiger partial charge in [-0.25, -0.2) is 0 Å². The Morgan fingerprint density at radius 3 is 2.07 bits per heavy atom. The van der Waals surface area contributed by atoms with Crippen LogP contribution in [0.3, 0.4) is 0 Å². The molecule has 1 saturated heterocycles. The average molecular weight is 397 g/mol. The minimum atomic E-state index is -0.262. The van der Waals surface area contributed by atoms with Gasteiger partial charge in [0.2, 0.25) is 5.91 Å². The van der Waals surface area contributed by atoms with Crippen LogP contribution in [0, 0.1) is 0 Å². The molecule has 2 aromatic rings. The van der Waals surface area contributed by atoms with Crippen LogP contribution >= 0.6 is 0 Å². The van der Waals surface area contributed by atoms with Gasteiger partial charge in [0, 0.05) is 25.7 Å². The molecule has 2 aromatic carbocycles. The third kappa shape index (κ3) is 6.39. The highest BCUT2D eigenvalue weighted by Gasteiger charge is 2.26. The number of carbonyl (C=O) groups excluding carboxylic acids is 1. The topological polar surface area (TPSA) is 50.8 Å². The number of rotatable bonds is 8. The van der Waals surface area contributed by atoms with E-state index < -0.39 is 0 Å². The lowest BCUT2D eigenvalue weighted by Gasteiger charge is -2.39. The average Bonchev–Trinajstić information content (AvgIpc) is 2.73. The van der Waals surface area contributed by atoms with Crippen molar-refractivity contribution in [3.63, 3.8) is 0 Å². The lowest BCUT2D eigenvalue weighted by Crippen LogP contribution is -2.52. The van der Waals surface area contributed by atoms with Gasteiger partial charge in [0.1, 0.15) is 12.7 Å². The summed E-state index contributed by atoms with van der Waals surface area (Å²) in [6.07, 6.45) is 0.178. The molecule has 3 atom stereocenters. The van der Waals surface area contributed by atoms with Gasteiger partial charge in [0.15, 0.2) is 0 Å². The first kappa shape index (κ1) is 21.5. The normalized spacial score (nSPS) is 21.1. The Hall–Kier alpha value is -2.21. The highest BCUT2D eigenvalue weighted by atomic mass is 16.5. The van der Waals surface area contributed by atoms with Gasteiger partial charge in [-0.3, -0.25) is 9.69 Å². The molecule has 1 aliphatic heterocycles. The molecule has 1 amide bonds. The van der Waals surface area contributed by atoms with Crippen LogP contribution in [0.1, 0.15) is 38.0 Å². The molecule has 0 bridgehead atoms. The van der Waals surface area contributed by atoms with Crippen LogP contribution in [0.4, 0.5) is 0 Å². The monoisotopic (exact) mass is 396 g/mol. The number of nitrogens with zero attached hydrogens (tertiary/aromatic N) is 1. The fourth-order valence-electron chi connectivity index (χ4n) is 3.82. The Bertz CT molecular complexity index is 704. The van der Waals surface area contributed by atoms with Crippen LogP contribution in [0.15, 0.2) is 60.7 Å². The summed E-state index contributed by atoms with van der Waals surface area (Å²) in [7, 11) is 0. The van der Waals surface area contributed by atoms with Gasteiger partial charge in [0.05, 0.1) is 12.2 Å². The zero-order chi connectivity index (χ0) is 20.6. The molecule has 1 heterocycles. The van der Waals surface area contributed by atoms with Crippen LogP contribution in [0.5, 0.6) is 0 Å². The van der Waals surface area contributed by atoms with E-state index in [-0.39, 0.29) is 36.9 Å². The van der Waals surface area contributed by atoms with Crippen molar-refractivity contribution < 1.29 is 14.3 Å². The summed E-state index contributed by atoms with van der Waals surface area (Å²) < 4.78 is 11.8. The molecule has 1 aliphatic rings. The van der Waals surface area contributed by atoms with Gasteiger partial charge in [0.25, 0.3) is 0 Å². The molecule has 0 aliphatic carbocycles. The third-order valence-corrected chi connectivity index (χ3v) is 5.25. The molecule has 0 spiro atoms. The molecule has 5 nitrogen and oxygen atoms in total. The molecule has 1 fully saturated rings. The zero-order valence-corrected chi connectivity index (χ0v) is 17.6. The summed E-state index contributed by atoms with van der Waals surface area (Å²) in [6, 6.07) is 20.3. The second-order valence-corrected chi connectivity index (χ2v) is 7.88. The summed E-state index contributed by atoms with van der Waals surface area (Å²) in [4.78, 5) is 14.8. The predicted molar refractivity (Wildman–Crippen MR) is 115 cm³/mol. The molecule has 3 unspecified atom stereocenters. The number of benzene rings is 2. The van der Waals surface area contributed by atoms with E-state index in [1.807, 2.05) is 60.7 Å². The van der Waals surface area contributed by atoms with Gasteiger partial charge in [-0.15, -0.1) is 0 Å². The molecule has 3 rings (SSSR count). The molecule has 5 heteroatoms. The molecule has 0 aromatic heterocycles. The number of nitrogens with one attached hydrogen (secondary N) is 1. The second-order valence-electron chi connectivity index (χ2n) is 7.88. The van der Waals surface area contributed by atoms with E-state index in [9.17, 15) is 4.79 Å². The van der Waals surface area contributed by atoms with E-state index in [1.165, 1.54) is 0 Å². The lowest BCUT2D eigenvalue weighted by molar-refractivity contribution is -0.127. The number of ether oxygens (including phenoxy) is 2. The van der Waals surface area contributed by atoms with Crippen LogP contribution in [0.2, 0.25) is 0 Å². The smallest absolute Gasteiger partial charge is 0.246 e. The van der Waals surface area contributed by atoms with Crippen LogP contribution in [0.25, 0.3) is 0 Å². The maximum Gasteiger partial charge on any atom is 0.246 e. The van der Waals surface area contributed by atoms with Gasteiger partial charge in [-0.05, 0) is 31.9 Å². The maximum atomic E-state index is 12.4. The number of amides is 1. The van der Waals surface area contributed by atoms with Crippen molar-refractivity contribution in [2.45, 2.75) is 45.1 Å². The first-order valence-electron chi connectivity index (χ1n) is 10.4. The summed E-state index contributed by atoms with van der Waals surface area (Å²) in [5.74, 6) is -0.0944. The van der Waals surface area contributed by atoms with Gasteiger partial charge < -0.3 is 14.8 Å². The van der Waals surface area contributed by atoms with E-state index in [1.54, 1.807) is 0 Å². The van der Waals surface area contributed by atoms with Gasteiger partial charge in [-0.1, -0.05) is 60.7 Å². The van der Waals surface area contributed by atoms with Crippen molar-refractivity contribution in [1.82, 2.24) is 10.2 Å². The van der Waals surface area contributed by atoms with Crippen molar-refractivity contribution in [1.29, 1.82) is 0 Å². The highest BCUT2D eigenvalue weighted by Crippen LogP contribution is 2.25. The quantitative estimate of drug-likeness (QED) is 0.743.